The van der Waals surface area contributed by atoms with Gasteiger partial charge in [0.1, 0.15) is 0 Å². The summed E-state index contributed by atoms with van der Waals surface area (Å²) in [5.74, 6) is 0. The third-order valence-corrected chi connectivity index (χ3v) is 8.12. The Morgan fingerprint density at radius 2 is 1.04 bits per heavy atom. The number of aryl methyl sites for hydroxylation is 4. The summed E-state index contributed by atoms with van der Waals surface area (Å²) in [6.07, 6.45) is 4.27. The fourth-order valence-corrected chi connectivity index (χ4v) is 6.74. The lowest BCUT2D eigenvalue weighted by atomic mass is 10.0. The molecule has 1 unspecified atom stereocenters. The van der Waals surface area contributed by atoms with Crippen LogP contribution in [0.15, 0.2) is 48.6 Å². The Bertz CT molecular complexity index is 747. The van der Waals surface area contributed by atoms with Gasteiger partial charge in [0.2, 0.25) is 0 Å². The second kappa shape index (κ2) is 6.35. The van der Waals surface area contributed by atoms with Crippen molar-refractivity contribution in [3.8, 4) is 0 Å². The van der Waals surface area contributed by atoms with Crippen LogP contribution in [-0.2, 0) is 4.57 Å². The zero-order chi connectivity index (χ0) is 17.5. The van der Waals surface area contributed by atoms with E-state index < -0.39 is 7.29 Å². The highest BCUT2D eigenvalue weighted by Crippen LogP contribution is 2.70. The molecule has 1 heterocycles. The second-order valence-corrected chi connectivity index (χ2v) is 10.0. The van der Waals surface area contributed by atoms with E-state index in [1.54, 1.807) is 0 Å². The molecule has 2 aromatic rings. The monoisotopic (exact) mass is 339 g/mol. The SMILES string of the molecule is CNP1(=O)[C@@H](c2cc(C)cc(C)c2)C=C[C@H]1c1cc(C)cc(C)c1. The minimum Gasteiger partial charge on any atom is -0.305 e. The maximum Gasteiger partial charge on any atom is 0.169 e. The first-order valence-electron chi connectivity index (χ1n) is 8.46. The predicted octanol–water partition coefficient (Wildman–Crippen LogP) is 5.77. The van der Waals surface area contributed by atoms with Crippen molar-refractivity contribution in [1.82, 2.24) is 5.09 Å². The van der Waals surface area contributed by atoms with Gasteiger partial charge < -0.3 is 4.57 Å². The Morgan fingerprint density at radius 3 is 1.33 bits per heavy atom. The highest BCUT2D eigenvalue weighted by molar-refractivity contribution is 7.63. The van der Waals surface area contributed by atoms with E-state index >= 15 is 0 Å². The lowest BCUT2D eigenvalue weighted by Gasteiger charge is -2.27. The van der Waals surface area contributed by atoms with E-state index in [4.69, 9.17) is 0 Å². The molecule has 2 nitrogen and oxygen atoms in total. The van der Waals surface area contributed by atoms with Crippen LogP contribution in [0.1, 0.15) is 44.7 Å². The topological polar surface area (TPSA) is 29.1 Å². The maximum atomic E-state index is 13.9. The molecule has 24 heavy (non-hydrogen) atoms. The smallest absolute Gasteiger partial charge is 0.169 e. The first-order chi connectivity index (χ1) is 11.3. The van der Waals surface area contributed by atoms with Gasteiger partial charge in [-0.2, -0.15) is 0 Å². The quantitative estimate of drug-likeness (QED) is 0.568. The molecule has 1 N–H and O–H groups in total. The molecule has 3 rings (SSSR count). The lowest BCUT2D eigenvalue weighted by Crippen LogP contribution is -2.12. The van der Waals surface area contributed by atoms with Gasteiger partial charge >= 0.3 is 0 Å². The summed E-state index contributed by atoms with van der Waals surface area (Å²) in [7, 11) is -0.823. The lowest BCUT2D eigenvalue weighted by molar-refractivity contribution is 0.562. The number of allylic oxidation sites excluding steroid dienone is 2. The molecular formula is C21H26NOP. The average Bonchev–Trinajstić information content (AvgIpc) is 2.83. The summed E-state index contributed by atoms with van der Waals surface area (Å²) in [5.41, 5.74) is 7.04. The standard InChI is InChI=1S/C21H26NOP/c1-14-8-15(2)11-18(10-14)20-6-7-21(24(20,23)22-5)19-12-16(3)9-17(4)13-19/h6-13,20-21H,1-5H3,(H,22,23)/t20-,21+,24?. The molecule has 1 aliphatic heterocycles. The summed E-state index contributed by atoms with van der Waals surface area (Å²) in [6.45, 7) is 8.39. The van der Waals surface area contributed by atoms with Crippen LogP contribution in [-0.4, -0.2) is 7.05 Å². The number of rotatable bonds is 3. The van der Waals surface area contributed by atoms with Gasteiger partial charge in [-0.25, -0.2) is 0 Å². The van der Waals surface area contributed by atoms with Gasteiger partial charge in [-0.05, 0) is 45.9 Å². The summed E-state index contributed by atoms with van der Waals surface area (Å²) in [6, 6.07) is 13.0. The summed E-state index contributed by atoms with van der Waals surface area (Å²) < 4.78 is 13.9. The molecule has 0 bridgehead atoms. The van der Waals surface area contributed by atoms with Crippen LogP contribution in [0.3, 0.4) is 0 Å². The Balaban J connectivity index is 2.07. The predicted molar refractivity (Wildman–Crippen MR) is 103 cm³/mol. The number of hydrogen-bond donors (Lipinski definition) is 1. The number of hydrogen-bond acceptors (Lipinski definition) is 1. The van der Waals surface area contributed by atoms with Gasteiger partial charge in [0.15, 0.2) is 7.29 Å². The van der Waals surface area contributed by atoms with Gasteiger partial charge in [0.05, 0.1) is 11.3 Å². The van der Waals surface area contributed by atoms with Crippen molar-refractivity contribution in [2.24, 2.45) is 0 Å². The van der Waals surface area contributed by atoms with Crippen LogP contribution >= 0.6 is 7.29 Å². The van der Waals surface area contributed by atoms with Crippen molar-refractivity contribution in [2.45, 2.75) is 39.0 Å². The molecular weight excluding hydrogens is 313 g/mol. The van der Waals surface area contributed by atoms with E-state index in [9.17, 15) is 4.57 Å². The fraction of sp³-hybridized carbons (Fsp3) is 0.333. The Labute approximate surface area is 145 Å². The van der Waals surface area contributed by atoms with E-state index in [-0.39, 0.29) is 11.3 Å². The van der Waals surface area contributed by atoms with Crippen LogP contribution in [0.5, 0.6) is 0 Å². The largest absolute Gasteiger partial charge is 0.305 e. The first-order valence-corrected chi connectivity index (χ1v) is 10.3. The summed E-state index contributed by atoms with van der Waals surface area (Å²) in [5, 5.41) is 3.21. The van der Waals surface area contributed by atoms with E-state index in [0.717, 1.165) is 11.1 Å². The van der Waals surface area contributed by atoms with Crippen LogP contribution in [0.2, 0.25) is 0 Å². The van der Waals surface area contributed by atoms with Gasteiger partial charge in [-0.3, -0.25) is 5.09 Å². The zero-order valence-electron chi connectivity index (χ0n) is 15.1. The first kappa shape index (κ1) is 17.2. The molecule has 0 spiro atoms. The molecule has 0 saturated carbocycles. The number of nitrogens with one attached hydrogen (secondary N) is 1. The van der Waals surface area contributed by atoms with Gasteiger partial charge in [-0.15, -0.1) is 0 Å². The Kier molecular flexibility index (Phi) is 4.55. The van der Waals surface area contributed by atoms with Crippen molar-refractivity contribution < 1.29 is 4.57 Å². The minimum atomic E-state index is -2.66. The number of benzene rings is 2. The second-order valence-electron chi connectivity index (χ2n) is 7.05. The zero-order valence-corrected chi connectivity index (χ0v) is 16.0. The van der Waals surface area contributed by atoms with E-state index in [0.29, 0.717) is 0 Å². The average molecular weight is 339 g/mol. The van der Waals surface area contributed by atoms with Crippen molar-refractivity contribution in [3.63, 3.8) is 0 Å². The van der Waals surface area contributed by atoms with Crippen LogP contribution in [0, 0.1) is 27.7 Å². The van der Waals surface area contributed by atoms with Crippen LogP contribution < -0.4 is 5.09 Å². The third-order valence-electron chi connectivity index (χ3n) is 4.82. The van der Waals surface area contributed by atoms with Gasteiger partial charge in [-0.1, -0.05) is 70.8 Å². The third kappa shape index (κ3) is 3.01. The fourth-order valence-electron chi connectivity index (χ4n) is 3.94. The van der Waals surface area contributed by atoms with Gasteiger partial charge in [0.25, 0.3) is 0 Å². The molecule has 0 radical (unpaired) electrons. The molecule has 0 fully saturated rings. The summed E-state index contributed by atoms with van der Waals surface area (Å²) >= 11 is 0. The van der Waals surface area contributed by atoms with Crippen LogP contribution in [0.25, 0.3) is 0 Å². The normalized spacial score (nSPS) is 26.0. The Morgan fingerprint density at radius 1 is 0.708 bits per heavy atom. The molecule has 0 aromatic heterocycles. The molecule has 126 valence electrons. The highest BCUT2D eigenvalue weighted by atomic mass is 31.2. The van der Waals surface area contributed by atoms with Gasteiger partial charge in [0, 0.05) is 0 Å². The molecule has 0 amide bonds. The van der Waals surface area contributed by atoms with E-state index in [1.807, 2.05) is 7.05 Å². The molecule has 1 aliphatic rings. The molecule has 0 aliphatic carbocycles. The maximum absolute atomic E-state index is 13.9. The molecule has 3 atom stereocenters. The van der Waals surface area contributed by atoms with E-state index in [1.165, 1.54) is 22.3 Å². The van der Waals surface area contributed by atoms with Crippen molar-refractivity contribution >= 4 is 7.29 Å². The van der Waals surface area contributed by atoms with Crippen molar-refractivity contribution in [1.29, 1.82) is 0 Å². The Hall–Kier alpha value is -1.63. The minimum absolute atomic E-state index is 0.0630. The van der Waals surface area contributed by atoms with E-state index in [2.05, 4.69) is 81.3 Å². The summed E-state index contributed by atoms with van der Waals surface area (Å²) in [4.78, 5) is 0. The van der Waals surface area contributed by atoms with Crippen LogP contribution in [0.4, 0.5) is 0 Å². The highest BCUT2D eigenvalue weighted by Gasteiger charge is 2.43. The molecule has 3 heteroatoms. The molecule has 2 aromatic carbocycles. The van der Waals surface area contributed by atoms with Crippen molar-refractivity contribution in [3.05, 3.63) is 81.9 Å². The molecule has 0 saturated heterocycles. The van der Waals surface area contributed by atoms with Crippen molar-refractivity contribution in [2.75, 3.05) is 7.05 Å².